The number of nitrogens with one attached hydrogen (secondary N) is 1. The first-order valence-electron chi connectivity index (χ1n) is 3.98. The lowest BCUT2D eigenvalue weighted by molar-refractivity contribution is -0.132. The van der Waals surface area contributed by atoms with Crippen molar-refractivity contribution in [3.63, 3.8) is 0 Å². The van der Waals surface area contributed by atoms with E-state index in [-0.39, 0.29) is 19.1 Å². The summed E-state index contributed by atoms with van der Waals surface area (Å²) in [6.45, 7) is 0.149. The topological polar surface area (TPSA) is 58.6 Å². The minimum atomic E-state index is -0.303. The molecular formula is C9H9NO3. The zero-order valence-electron chi connectivity index (χ0n) is 6.91. The lowest BCUT2D eigenvalue weighted by Gasteiger charge is -2.17. The number of benzene rings is 1. The molecule has 0 aromatic heterocycles. The standard InChI is InChI=1S/C9H9NO3/c11-5-6-1-2-7-8(3-6)13-9(12)4-10-7/h1-3,10-11H,4-5H2. The monoisotopic (exact) mass is 179 g/mol. The van der Waals surface area contributed by atoms with Crippen LogP contribution in [0.4, 0.5) is 5.69 Å². The first-order valence-corrected chi connectivity index (χ1v) is 3.98. The fraction of sp³-hybridized carbons (Fsp3) is 0.222. The van der Waals surface area contributed by atoms with Crippen molar-refractivity contribution >= 4 is 11.7 Å². The van der Waals surface area contributed by atoms with Gasteiger partial charge in [-0.25, -0.2) is 4.79 Å². The van der Waals surface area contributed by atoms with Gasteiger partial charge in [-0.3, -0.25) is 0 Å². The molecule has 0 aliphatic carbocycles. The highest BCUT2D eigenvalue weighted by Crippen LogP contribution is 2.28. The molecule has 4 heteroatoms. The number of anilines is 1. The van der Waals surface area contributed by atoms with Gasteiger partial charge in [-0.1, -0.05) is 6.07 Å². The van der Waals surface area contributed by atoms with Crippen molar-refractivity contribution in [1.82, 2.24) is 0 Å². The molecule has 0 saturated heterocycles. The predicted molar refractivity (Wildman–Crippen MR) is 46.5 cm³/mol. The molecule has 0 unspecified atom stereocenters. The summed E-state index contributed by atoms with van der Waals surface area (Å²) in [5, 5.41) is 11.8. The quantitative estimate of drug-likeness (QED) is 0.487. The van der Waals surface area contributed by atoms with Crippen molar-refractivity contribution in [3.05, 3.63) is 23.8 Å². The lowest BCUT2D eigenvalue weighted by Crippen LogP contribution is -2.24. The second-order valence-corrected chi connectivity index (χ2v) is 2.82. The van der Waals surface area contributed by atoms with Crippen LogP contribution in [-0.4, -0.2) is 17.6 Å². The summed E-state index contributed by atoms with van der Waals surface area (Å²) in [4.78, 5) is 10.9. The third kappa shape index (κ3) is 1.48. The number of carbonyl (C=O) groups excluding carboxylic acids is 1. The Balaban J connectivity index is 2.38. The zero-order chi connectivity index (χ0) is 9.26. The number of carbonyl (C=O) groups is 1. The molecule has 13 heavy (non-hydrogen) atoms. The van der Waals surface area contributed by atoms with Crippen molar-refractivity contribution in [2.24, 2.45) is 0 Å². The summed E-state index contributed by atoms with van der Waals surface area (Å²) in [5.41, 5.74) is 1.52. The number of esters is 1. The van der Waals surface area contributed by atoms with Gasteiger partial charge in [0, 0.05) is 0 Å². The minimum absolute atomic E-state index is 0.0508. The fourth-order valence-corrected chi connectivity index (χ4v) is 1.22. The van der Waals surface area contributed by atoms with E-state index in [2.05, 4.69) is 5.32 Å². The molecule has 2 rings (SSSR count). The molecule has 1 heterocycles. The van der Waals surface area contributed by atoms with Crippen LogP contribution in [0.25, 0.3) is 0 Å². The van der Waals surface area contributed by atoms with Crippen molar-refractivity contribution in [3.8, 4) is 5.75 Å². The molecule has 1 aliphatic rings. The Morgan fingerprint density at radius 2 is 2.38 bits per heavy atom. The average molecular weight is 179 g/mol. The van der Waals surface area contributed by atoms with Gasteiger partial charge in [0.05, 0.1) is 12.3 Å². The average Bonchev–Trinajstić information content (AvgIpc) is 2.16. The molecule has 0 spiro atoms. The number of aliphatic hydroxyl groups excluding tert-OH is 1. The van der Waals surface area contributed by atoms with Crippen LogP contribution < -0.4 is 10.1 Å². The first-order chi connectivity index (χ1) is 6.29. The van der Waals surface area contributed by atoms with E-state index in [0.717, 1.165) is 11.3 Å². The Morgan fingerprint density at radius 3 is 3.15 bits per heavy atom. The van der Waals surface area contributed by atoms with Crippen LogP contribution >= 0.6 is 0 Å². The summed E-state index contributed by atoms with van der Waals surface area (Å²) >= 11 is 0. The molecule has 0 saturated carbocycles. The molecule has 2 N–H and O–H groups in total. The van der Waals surface area contributed by atoms with E-state index in [4.69, 9.17) is 9.84 Å². The smallest absolute Gasteiger partial charge is 0.330 e. The van der Waals surface area contributed by atoms with Gasteiger partial charge in [0.2, 0.25) is 0 Å². The van der Waals surface area contributed by atoms with Crippen LogP contribution in [0.15, 0.2) is 18.2 Å². The SMILES string of the molecule is O=C1CNc2ccc(CO)cc2O1. The highest BCUT2D eigenvalue weighted by atomic mass is 16.5. The second kappa shape index (κ2) is 3.06. The Bertz CT molecular complexity index is 349. The van der Waals surface area contributed by atoms with Crippen LogP contribution in [0.5, 0.6) is 5.75 Å². The van der Waals surface area contributed by atoms with Crippen LogP contribution in [0.2, 0.25) is 0 Å². The Labute approximate surface area is 75.1 Å². The highest BCUT2D eigenvalue weighted by molar-refractivity contribution is 5.83. The largest absolute Gasteiger partial charge is 0.423 e. The molecule has 1 aromatic carbocycles. The number of fused-ring (bicyclic) bond motifs is 1. The fourth-order valence-electron chi connectivity index (χ4n) is 1.22. The summed E-state index contributed by atoms with van der Waals surface area (Å²) in [7, 11) is 0. The number of hydrogen-bond donors (Lipinski definition) is 2. The van der Waals surface area contributed by atoms with E-state index in [1.54, 1.807) is 18.2 Å². The Kier molecular flexibility index (Phi) is 1.90. The van der Waals surface area contributed by atoms with Crippen LogP contribution in [0, 0.1) is 0 Å². The van der Waals surface area contributed by atoms with E-state index in [1.165, 1.54) is 0 Å². The summed E-state index contributed by atoms with van der Waals surface area (Å²) in [5.74, 6) is 0.186. The maximum absolute atomic E-state index is 10.9. The van der Waals surface area contributed by atoms with Gasteiger partial charge in [0.15, 0.2) is 5.75 Å². The third-order valence-corrected chi connectivity index (χ3v) is 1.88. The van der Waals surface area contributed by atoms with Gasteiger partial charge < -0.3 is 15.2 Å². The molecule has 0 atom stereocenters. The highest BCUT2D eigenvalue weighted by Gasteiger charge is 2.15. The van der Waals surface area contributed by atoms with Gasteiger partial charge in [-0.2, -0.15) is 0 Å². The van der Waals surface area contributed by atoms with E-state index < -0.39 is 0 Å². The van der Waals surface area contributed by atoms with Gasteiger partial charge >= 0.3 is 5.97 Å². The first kappa shape index (κ1) is 8.07. The van der Waals surface area contributed by atoms with E-state index in [1.807, 2.05) is 0 Å². The van der Waals surface area contributed by atoms with E-state index >= 15 is 0 Å². The zero-order valence-corrected chi connectivity index (χ0v) is 6.91. The molecule has 4 nitrogen and oxygen atoms in total. The maximum Gasteiger partial charge on any atom is 0.330 e. The summed E-state index contributed by atoms with van der Waals surface area (Å²) < 4.78 is 4.96. The molecule has 0 fully saturated rings. The van der Waals surface area contributed by atoms with Crippen molar-refractivity contribution < 1.29 is 14.6 Å². The Morgan fingerprint density at radius 1 is 1.54 bits per heavy atom. The van der Waals surface area contributed by atoms with Gasteiger partial charge in [-0.05, 0) is 17.7 Å². The third-order valence-electron chi connectivity index (χ3n) is 1.88. The molecule has 0 amide bonds. The second-order valence-electron chi connectivity index (χ2n) is 2.82. The number of ether oxygens (including phenoxy) is 1. The van der Waals surface area contributed by atoms with Crippen LogP contribution in [0.3, 0.4) is 0 Å². The summed E-state index contributed by atoms with van der Waals surface area (Å²) in [6.07, 6.45) is 0. The number of hydrogen-bond acceptors (Lipinski definition) is 4. The van der Waals surface area contributed by atoms with Gasteiger partial charge in [0.25, 0.3) is 0 Å². The molecule has 0 bridgehead atoms. The lowest BCUT2D eigenvalue weighted by atomic mass is 10.2. The van der Waals surface area contributed by atoms with E-state index in [9.17, 15) is 4.79 Å². The predicted octanol–water partition coefficient (Wildman–Crippen LogP) is 0.510. The van der Waals surface area contributed by atoms with Crippen molar-refractivity contribution in [2.45, 2.75) is 6.61 Å². The van der Waals surface area contributed by atoms with Crippen LogP contribution in [-0.2, 0) is 11.4 Å². The number of aliphatic hydroxyl groups is 1. The molecule has 1 aromatic rings. The Hall–Kier alpha value is -1.55. The molecular weight excluding hydrogens is 170 g/mol. The number of rotatable bonds is 1. The van der Waals surface area contributed by atoms with Crippen molar-refractivity contribution in [2.75, 3.05) is 11.9 Å². The van der Waals surface area contributed by atoms with Crippen molar-refractivity contribution in [1.29, 1.82) is 0 Å². The van der Waals surface area contributed by atoms with Crippen LogP contribution in [0.1, 0.15) is 5.56 Å². The van der Waals surface area contributed by atoms with Gasteiger partial charge in [0.1, 0.15) is 6.54 Å². The molecule has 0 radical (unpaired) electrons. The van der Waals surface area contributed by atoms with E-state index in [0.29, 0.717) is 5.75 Å². The maximum atomic E-state index is 10.9. The minimum Gasteiger partial charge on any atom is -0.423 e. The summed E-state index contributed by atoms with van der Waals surface area (Å²) in [6, 6.07) is 5.22. The van der Waals surface area contributed by atoms with Gasteiger partial charge in [-0.15, -0.1) is 0 Å². The molecule has 1 aliphatic heterocycles. The normalized spacial score (nSPS) is 14.4. The molecule has 68 valence electrons.